The average Bonchev–Trinajstić information content (AvgIpc) is 3.17. The van der Waals surface area contributed by atoms with Crippen LogP contribution in [0.1, 0.15) is 51.5 Å². The molecule has 3 aromatic rings. The van der Waals surface area contributed by atoms with Gasteiger partial charge < -0.3 is 10.4 Å². The summed E-state index contributed by atoms with van der Waals surface area (Å²) in [5.74, 6) is -0.997. The Bertz CT molecular complexity index is 1190. The van der Waals surface area contributed by atoms with Gasteiger partial charge in [0.05, 0.1) is 0 Å². The number of hydrogen-bond acceptors (Lipinski definition) is 2. The normalized spacial score (nSPS) is 13.6. The molecule has 4 heteroatoms. The molecule has 0 unspecified atom stereocenters. The van der Waals surface area contributed by atoms with Gasteiger partial charge in [0.1, 0.15) is 0 Å². The first-order valence-corrected chi connectivity index (χ1v) is 10.3. The Labute approximate surface area is 181 Å². The summed E-state index contributed by atoms with van der Waals surface area (Å²) in [6.45, 7) is 2.69. The minimum absolute atomic E-state index is 0.0274. The van der Waals surface area contributed by atoms with Crippen molar-refractivity contribution in [2.45, 2.75) is 19.9 Å². The van der Waals surface area contributed by atoms with E-state index in [0.29, 0.717) is 6.54 Å². The number of nitrogens with one attached hydrogen (secondary N) is 1. The number of allylic oxidation sites excluding steroid dienone is 1. The zero-order valence-corrected chi connectivity index (χ0v) is 17.3. The van der Waals surface area contributed by atoms with Crippen molar-refractivity contribution in [3.05, 3.63) is 112 Å². The minimum Gasteiger partial charge on any atom is -0.478 e. The number of carboxylic acid groups (broad SMARTS) is 1. The average molecular weight is 409 g/mol. The molecule has 3 aromatic carbocycles. The van der Waals surface area contributed by atoms with Gasteiger partial charge in [0.15, 0.2) is 0 Å². The van der Waals surface area contributed by atoms with Crippen molar-refractivity contribution in [1.82, 2.24) is 5.32 Å². The van der Waals surface area contributed by atoms with Gasteiger partial charge in [0, 0.05) is 18.2 Å². The first-order chi connectivity index (χ1) is 15.1. The maximum Gasteiger partial charge on any atom is 0.328 e. The zero-order chi connectivity index (χ0) is 21.8. The highest BCUT2D eigenvalue weighted by atomic mass is 16.4. The standard InChI is InChI=1S/C27H23NO3/c1-2-23(19-6-4-3-5-7-19)26(20-11-8-18(9-12-20)10-15-25(29)30)21-13-14-24-22(16-21)17-28-27(24)31/h3-16H,2,17H2,1H3,(H,28,31)(H,29,30). The van der Waals surface area contributed by atoms with E-state index in [0.717, 1.165) is 51.5 Å². The predicted molar refractivity (Wildman–Crippen MR) is 123 cm³/mol. The molecule has 1 aliphatic rings. The molecule has 0 fully saturated rings. The molecule has 4 rings (SSSR count). The van der Waals surface area contributed by atoms with Gasteiger partial charge in [-0.3, -0.25) is 4.79 Å². The summed E-state index contributed by atoms with van der Waals surface area (Å²) in [7, 11) is 0. The van der Waals surface area contributed by atoms with Crippen molar-refractivity contribution in [3.63, 3.8) is 0 Å². The molecule has 31 heavy (non-hydrogen) atoms. The summed E-state index contributed by atoms with van der Waals surface area (Å²) in [5, 5.41) is 11.8. The van der Waals surface area contributed by atoms with Crippen molar-refractivity contribution in [2.24, 2.45) is 0 Å². The highest BCUT2D eigenvalue weighted by molar-refractivity contribution is 6.02. The number of carbonyl (C=O) groups is 2. The van der Waals surface area contributed by atoms with Gasteiger partial charge in [0.2, 0.25) is 0 Å². The van der Waals surface area contributed by atoms with Crippen LogP contribution in [-0.4, -0.2) is 17.0 Å². The Kier molecular flexibility index (Phi) is 5.80. The van der Waals surface area contributed by atoms with Crippen LogP contribution in [0.25, 0.3) is 17.2 Å². The smallest absolute Gasteiger partial charge is 0.328 e. The molecule has 0 saturated heterocycles. The molecule has 0 spiro atoms. The summed E-state index contributed by atoms with van der Waals surface area (Å²) in [4.78, 5) is 22.8. The minimum atomic E-state index is -0.969. The van der Waals surface area contributed by atoms with Crippen LogP contribution >= 0.6 is 0 Å². The van der Waals surface area contributed by atoms with Gasteiger partial charge >= 0.3 is 5.97 Å². The maximum atomic E-state index is 12.0. The molecule has 1 heterocycles. The van der Waals surface area contributed by atoms with Crippen molar-refractivity contribution in [2.75, 3.05) is 0 Å². The third kappa shape index (κ3) is 4.33. The first-order valence-electron chi connectivity index (χ1n) is 10.3. The third-order valence-corrected chi connectivity index (χ3v) is 5.47. The topological polar surface area (TPSA) is 66.4 Å². The first kappa shape index (κ1) is 20.4. The summed E-state index contributed by atoms with van der Waals surface area (Å²) < 4.78 is 0. The monoisotopic (exact) mass is 409 g/mol. The van der Waals surface area contributed by atoms with E-state index in [2.05, 4.69) is 30.4 Å². The molecule has 0 aromatic heterocycles. The second kappa shape index (κ2) is 8.84. The lowest BCUT2D eigenvalue weighted by atomic mass is 9.87. The van der Waals surface area contributed by atoms with E-state index >= 15 is 0 Å². The Morgan fingerprint density at radius 2 is 1.68 bits per heavy atom. The Morgan fingerprint density at radius 3 is 2.35 bits per heavy atom. The molecule has 0 saturated carbocycles. The lowest BCUT2D eigenvalue weighted by Gasteiger charge is -2.17. The van der Waals surface area contributed by atoms with E-state index in [1.807, 2.05) is 54.6 Å². The number of hydrogen-bond donors (Lipinski definition) is 2. The number of carboxylic acids is 1. The van der Waals surface area contributed by atoms with E-state index in [4.69, 9.17) is 5.11 Å². The number of carbonyl (C=O) groups excluding carboxylic acids is 1. The molecular formula is C27H23NO3. The number of rotatable bonds is 6. The Balaban J connectivity index is 1.87. The largest absolute Gasteiger partial charge is 0.478 e. The van der Waals surface area contributed by atoms with Crippen molar-refractivity contribution in [1.29, 1.82) is 0 Å². The van der Waals surface area contributed by atoms with Crippen LogP contribution in [0.4, 0.5) is 0 Å². The summed E-state index contributed by atoms with van der Waals surface area (Å²) >= 11 is 0. The van der Waals surface area contributed by atoms with Crippen LogP contribution < -0.4 is 5.32 Å². The molecule has 2 N–H and O–H groups in total. The molecule has 0 aliphatic carbocycles. The second-order valence-corrected chi connectivity index (χ2v) is 7.42. The Morgan fingerprint density at radius 1 is 0.968 bits per heavy atom. The van der Waals surface area contributed by atoms with E-state index in [-0.39, 0.29) is 5.91 Å². The highest BCUT2D eigenvalue weighted by Crippen LogP contribution is 2.35. The lowest BCUT2D eigenvalue weighted by Crippen LogP contribution is -2.12. The van der Waals surface area contributed by atoms with Gasteiger partial charge in [-0.2, -0.15) is 0 Å². The molecule has 1 aliphatic heterocycles. The van der Waals surface area contributed by atoms with Crippen LogP contribution in [0.15, 0.2) is 78.9 Å². The van der Waals surface area contributed by atoms with Crippen molar-refractivity contribution < 1.29 is 14.7 Å². The van der Waals surface area contributed by atoms with Gasteiger partial charge in [-0.1, -0.05) is 67.6 Å². The fourth-order valence-electron chi connectivity index (χ4n) is 4.00. The fourth-order valence-corrected chi connectivity index (χ4v) is 4.00. The van der Waals surface area contributed by atoms with Gasteiger partial charge in [-0.15, -0.1) is 0 Å². The predicted octanol–water partition coefficient (Wildman–Crippen LogP) is 5.40. The highest BCUT2D eigenvalue weighted by Gasteiger charge is 2.21. The van der Waals surface area contributed by atoms with Crippen LogP contribution in [0.2, 0.25) is 0 Å². The molecule has 154 valence electrons. The molecule has 4 nitrogen and oxygen atoms in total. The number of benzene rings is 3. The number of amides is 1. The molecule has 0 atom stereocenters. The van der Waals surface area contributed by atoms with E-state index in [9.17, 15) is 9.59 Å². The van der Waals surface area contributed by atoms with Crippen LogP contribution in [0, 0.1) is 0 Å². The van der Waals surface area contributed by atoms with Gasteiger partial charge in [-0.05, 0) is 63.6 Å². The Hall–Kier alpha value is -3.92. The van der Waals surface area contributed by atoms with Gasteiger partial charge in [-0.25, -0.2) is 4.79 Å². The van der Waals surface area contributed by atoms with Crippen molar-refractivity contribution in [3.8, 4) is 0 Å². The number of fused-ring (bicyclic) bond motifs is 1. The molecule has 0 bridgehead atoms. The van der Waals surface area contributed by atoms with E-state index < -0.39 is 5.97 Å². The maximum absolute atomic E-state index is 12.0. The molecule has 0 radical (unpaired) electrons. The number of aliphatic carboxylic acids is 1. The third-order valence-electron chi connectivity index (χ3n) is 5.47. The van der Waals surface area contributed by atoms with Crippen LogP contribution in [0.3, 0.4) is 0 Å². The van der Waals surface area contributed by atoms with Crippen LogP contribution in [-0.2, 0) is 11.3 Å². The van der Waals surface area contributed by atoms with Crippen molar-refractivity contribution >= 4 is 29.1 Å². The summed E-state index contributed by atoms with van der Waals surface area (Å²) in [6.07, 6.45) is 3.56. The van der Waals surface area contributed by atoms with E-state index in [1.165, 1.54) is 5.57 Å². The molecular weight excluding hydrogens is 386 g/mol. The van der Waals surface area contributed by atoms with E-state index in [1.54, 1.807) is 6.08 Å². The fraction of sp³-hybridized carbons (Fsp3) is 0.111. The SMILES string of the molecule is CCC(=C(c1ccc(C=CC(=O)O)cc1)c1ccc2c(c1)CNC2=O)c1ccccc1. The lowest BCUT2D eigenvalue weighted by molar-refractivity contribution is -0.131. The summed E-state index contributed by atoms with van der Waals surface area (Å²) in [5.41, 5.74) is 8.16. The van der Waals surface area contributed by atoms with Crippen LogP contribution in [0.5, 0.6) is 0 Å². The summed E-state index contributed by atoms with van der Waals surface area (Å²) in [6, 6.07) is 24.2. The molecule has 1 amide bonds. The quantitative estimate of drug-likeness (QED) is 0.423. The second-order valence-electron chi connectivity index (χ2n) is 7.42. The zero-order valence-electron chi connectivity index (χ0n) is 17.3. The van der Waals surface area contributed by atoms with Gasteiger partial charge in [0.25, 0.3) is 5.91 Å².